The highest BCUT2D eigenvalue weighted by molar-refractivity contribution is 6.76. The number of rotatable bonds is 20. The number of benzene rings is 2. The van der Waals surface area contributed by atoms with Crippen LogP contribution in [0.15, 0.2) is 60.0 Å². The molecule has 4 amide bonds. The molecule has 0 fully saturated rings. The van der Waals surface area contributed by atoms with E-state index in [9.17, 15) is 19.2 Å². The molecule has 62 heavy (non-hydrogen) atoms. The van der Waals surface area contributed by atoms with Crippen LogP contribution in [0.3, 0.4) is 0 Å². The molecule has 4 heterocycles. The Morgan fingerprint density at radius 1 is 0.661 bits per heavy atom. The van der Waals surface area contributed by atoms with Crippen LogP contribution >= 0.6 is 0 Å². The molecule has 0 aromatic heterocycles. The van der Waals surface area contributed by atoms with Crippen molar-refractivity contribution in [1.82, 2.24) is 9.80 Å². The quantitative estimate of drug-likeness (QED) is 0.113. The molecule has 0 bridgehead atoms. The van der Waals surface area contributed by atoms with Crippen molar-refractivity contribution >= 4 is 51.2 Å². The summed E-state index contributed by atoms with van der Waals surface area (Å²) in [4.78, 5) is 62.5. The number of hydrogen-bond donors (Lipinski definition) is 1. The van der Waals surface area contributed by atoms with E-state index in [1.807, 2.05) is 13.0 Å². The summed E-state index contributed by atoms with van der Waals surface area (Å²) < 4.78 is 36.2. The fourth-order valence-electron chi connectivity index (χ4n) is 7.64. The van der Waals surface area contributed by atoms with Crippen molar-refractivity contribution in [2.75, 3.05) is 70.5 Å². The molecule has 0 saturated heterocycles. The molecule has 2 N–H and O–H groups in total. The molecule has 2 aromatic carbocycles. The van der Waals surface area contributed by atoms with Crippen molar-refractivity contribution in [1.29, 1.82) is 0 Å². The molecule has 4 aliphatic rings. The van der Waals surface area contributed by atoms with Gasteiger partial charge in [-0.2, -0.15) is 0 Å². The Morgan fingerprint density at radius 3 is 1.58 bits per heavy atom. The first kappa shape index (κ1) is 46.6. The molecule has 0 aliphatic carbocycles. The second-order valence-electron chi connectivity index (χ2n) is 18.5. The number of hydrogen-bond acceptors (Lipinski definition) is 11. The minimum absolute atomic E-state index is 0.00300. The largest absolute Gasteiger partial charge is 0.493 e. The van der Waals surface area contributed by atoms with Gasteiger partial charge in [0.05, 0.1) is 49.9 Å². The van der Waals surface area contributed by atoms with E-state index in [1.165, 1.54) is 28.9 Å². The van der Waals surface area contributed by atoms with Gasteiger partial charge in [0, 0.05) is 73.3 Å². The predicted octanol–water partition coefficient (Wildman–Crippen LogP) is 6.60. The lowest BCUT2D eigenvalue weighted by Gasteiger charge is -2.27. The van der Waals surface area contributed by atoms with Gasteiger partial charge in [0.15, 0.2) is 23.0 Å². The number of carbonyl (C=O) groups excluding carboxylic acids is 4. The van der Waals surface area contributed by atoms with Crippen LogP contribution in [-0.2, 0) is 19.1 Å². The van der Waals surface area contributed by atoms with Gasteiger partial charge in [0.1, 0.15) is 25.5 Å². The van der Waals surface area contributed by atoms with Crippen molar-refractivity contribution in [3.8, 4) is 23.0 Å². The van der Waals surface area contributed by atoms with Gasteiger partial charge in [-0.05, 0) is 43.1 Å². The van der Waals surface area contributed by atoms with E-state index >= 15 is 0 Å². The van der Waals surface area contributed by atoms with Crippen molar-refractivity contribution in [3.63, 3.8) is 0 Å². The van der Waals surface area contributed by atoms with Gasteiger partial charge in [0.25, 0.3) is 23.6 Å². The predicted molar refractivity (Wildman–Crippen MR) is 244 cm³/mol. The maximum atomic E-state index is 14.3. The van der Waals surface area contributed by atoms with E-state index in [-0.39, 0.29) is 55.9 Å². The zero-order valence-electron chi connectivity index (χ0n) is 37.7. The van der Waals surface area contributed by atoms with Gasteiger partial charge in [-0.3, -0.25) is 29.0 Å². The first-order chi connectivity index (χ1) is 29.4. The van der Waals surface area contributed by atoms with Crippen LogP contribution in [0.2, 0.25) is 51.4 Å². The lowest BCUT2D eigenvalue weighted by Crippen LogP contribution is -2.45. The monoisotopic (exact) mass is 889 g/mol. The van der Waals surface area contributed by atoms with Crippen molar-refractivity contribution in [2.24, 2.45) is 5.73 Å². The standard InChI is InChI=1S/C45H63N5O10Si2/c1-30-20-36-44(53)49(28-57-16-18-61(4,5)6)34-24-40(38(55-2)22-32(34)42(51)47(36)26-30)59-14-11-15-60-41-25-35-33(23-39(41)56-3)43(52)48-27-31(12-10-13-46)21-37(48)45(54)50(35)29-58-17-19-62(7,8)9/h10,12,22-27,36-37H,11,13-21,28-29,46H2,1-9H3/b12-10+/t36-,37-/m0/s1. The van der Waals surface area contributed by atoms with Crippen LogP contribution in [0.1, 0.15) is 46.9 Å². The molecule has 0 unspecified atom stereocenters. The van der Waals surface area contributed by atoms with Gasteiger partial charge >= 0.3 is 0 Å². The van der Waals surface area contributed by atoms with E-state index in [2.05, 4.69) is 39.3 Å². The molecular weight excluding hydrogens is 827 g/mol. The number of carbonyl (C=O) groups is 4. The molecule has 15 nitrogen and oxygen atoms in total. The first-order valence-corrected chi connectivity index (χ1v) is 28.7. The molecule has 0 saturated carbocycles. The topological polar surface area (TPSA) is 163 Å². The molecule has 0 spiro atoms. The number of nitrogens with zero attached hydrogens (tertiary/aromatic N) is 4. The van der Waals surface area contributed by atoms with Gasteiger partial charge in [-0.15, -0.1) is 0 Å². The number of methoxy groups -OCH3 is 2. The Kier molecular flexibility index (Phi) is 14.7. The van der Waals surface area contributed by atoms with Crippen LogP contribution in [0.5, 0.6) is 23.0 Å². The molecule has 2 atom stereocenters. The normalized spacial score (nSPS) is 18.9. The third-order valence-corrected chi connectivity index (χ3v) is 14.6. The van der Waals surface area contributed by atoms with E-state index in [0.717, 1.165) is 23.2 Å². The maximum absolute atomic E-state index is 14.3. The van der Waals surface area contributed by atoms with Gasteiger partial charge in [0.2, 0.25) is 0 Å². The lowest BCUT2D eigenvalue weighted by molar-refractivity contribution is -0.123. The summed E-state index contributed by atoms with van der Waals surface area (Å²) >= 11 is 0. The van der Waals surface area contributed by atoms with Gasteiger partial charge in [-0.25, -0.2) is 0 Å². The molecule has 6 rings (SSSR count). The average Bonchev–Trinajstić information content (AvgIpc) is 3.81. The van der Waals surface area contributed by atoms with E-state index in [4.69, 9.17) is 34.2 Å². The van der Waals surface area contributed by atoms with Crippen LogP contribution in [-0.4, -0.2) is 122 Å². The molecule has 336 valence electrons. The Bertz CT molecular complexity index is 2130. The second-order valence-corrected chi connectivity index (χ2v) is 29.7. The Morgan fingerprint density at radius 2 is 1.13 bits per heavy atom. The summed E-state index contributed by atoms with van der Waals surface area (Å²) in [6.07, 6.45) is 8.30. The van der Waals surface area contributed by atoms with Gasteiger partial charge in [-0.1, -0.05) is 57.0 Å². The smallest absolute Gasteiger partial charge is 0.260 e. The van der Waals surface area contributed by atoms with Crippen LogP contribution in [0.25, 0.3) is 0 Å². The van der Waals surface area contributed by atoms with Crippen LogP contribution in [0.4, 0.5) is 11.4 Å². The van der Waals surface area contributed by atoms with Crippen LogP contribution < -0.4 is 34.5 Å². The Labute approximate surface area is 367 Å². The number of ether oxygens (including phenoxy) is 6. The molecule has 0 radical (unpaired) electrons. The number of amides is 4. The van der Waals surface area contributed by atoms with E-state index < -0.39 is 28.2 Å². The molecule has 4 aliphatic heterocycles. The number of fused-ring (bicyclic) bond motifs is 4. The fourth-order valence-corrected chi connectivity index (χ4v) is 9.15. The summed E-state index contributed by atoms with van der Waals surface area (Å²) in [5.74, 6) is 0.256. The second kappa shape index (κ2) is 19.6. The van der Waals surface area contributed by atoms with E-state index in [0.29, 0.717) is 79.0 Å². The molecule has 2 aromatic rings. The SMILES string of the molecule is COc1cc2c(cc1OCCCOc1cc3c(cc1OC)C(=O)N1C=C(/C=C/CN)C[C@H]1C(=O)N3COCC[Si](C)(C)C)N(COCC[Si](C)(C)C)C(=O)[C@@H]1CC(C)=CN1C2=O. The van der Waals surface area contributed by atoms with Crippen molar-refractivity contribution in [2.45, 2.75) is 89.6 Å². The third kappa shape index (κ3) is 10.6. The molecule has 17 heteroatoms. The van der Waals surface area contributed by atoms with Crippen LogP contribution in [0, 0.1) is 0 Å². The maximum Gasteiger partial charge on any atom is 0.260 e. The third-order valence-electron chi connectivity index (χ3n) is 11.2. The first-order valence-electron chi connectivity index (χ1n) is 21.3. The average molecular weight is 890 g/mol. The summed E-state index contributed by atoms with van der Waals surface area (Å²) in [6.45, 7) is 17.2. The highest BCUT2D eigenvalue weighted by atomic mass is 28.3. The highest BCUT2D eigenvalue weighted by Gasteiger charge is 2.44. The fraction of sp³-hybridized carbons (Fsp3) is 0.511. The summed E-state index contributed by atoms with van der Waals surface area (Å²) in [7, 11) is 0.202. The zero-order valence-corrected chi connectivity index (χ0v) is 39.7. The minimum Gasteiger partial charge on any atom is -0.493 e. The minimum atomic E-state index is -1.41. The lowest BCUT2D eigenvalue weighted by atomic mass is 10.1. The number of anilines is 2. The Balaban J connectivity index is 1.20. The summed E-state index contributed by atoms with van der Waals surface area (Å²) in [5.41, 5.74) is 8.84. The van der Waals surface area contributed by atoms with Crippen molar-refractivity contribution < 1.29 is 47.6 Å². The Hall–Kier alpha value is -4.95. The van der Waals surface area contributed by atoms with Gasteiger partial charge < -0.3 is 44.0 Å². The number of nitrogens with two attached hydrogens (primary N) is 1. The van der Waals surface area contributed by atoms with Crippen molar-refractivity contribution in [3.05, 3.63) is 71.1 Å². The number of allylic oxidation sites excluding steroid dienone is 1. The summed E-state index contributed by atoms with van der Waals surface area (Å²) in [6, 6.07) is 7.02. The summed E-state index contributed by atoms with van der Waals surface area (Å²) in [5, 5.41) is 0. The van der Waals surface area contributed by atoms with E-state index in [1.54, 1.807) is 47.6 Å². The highest BCUT2D eigenvalue weighted by Crippen LogP contribution is 2.42. The zero-order chi connectivity index (χ0) is 44.9. The molecular formula is C45H63N5O10Si2.